The molecular formula is C13H25N3O4. The Hall–Kier alpha value is -1.34. The number of likely N-dealkylation sites (tertiary alicyclic amines) is 1. The Morgan fingerprint density at radius 3 is 2.20 bits per heavy atom. The number of piperidine rings is 1. The van der Waals surface area contributed by atoms with E-state index in [0.29, 0.717) is 25.9 Å². The zero-order chi connectivity index (χ0) is 15.3. The summed E-state index contributed by atoms with van der Waals surface area (Å²) >= 11 is 0. The summed E-state index contributed by atoms with van der Waals surface area (Å²) in [6, 6.07) is 0. The molecule has 1 N–H and O–H groups in total. The van der Waals surface area contributed by atoms with Crippen LogP contribution in [0.25, 0.3) is 0 Å². The molecule has 0 aromatic rings. The summed E-state index contributed by atoms with van der Waals surface area (Å²) in [7, 11) is 3.06. The standard InChI is InChI=1S/C13H25N3O4/c1-13(2,3)20-12(18)15-8-6-10(7-9-15)11(17)16(14-4)19-5/h10,14H,6-9H2,1-5H3. The zero-order valence-electron chi connectivity index (χ0n) is 12.9. The molecule has 116 valence electrons. The monoisotopic (exact) mass is 287 g/mol. The summed E-state index contributed by atoms with van der Waals surface area (Å²) in [6.07, 6.45) is 0.903. The second kappa shape index (κ2) is 6.90. The minimum absolute atomic E-state index is 0.112. The van der Waals surface area contributed by atoms with Gasteiger partial charge < -0.3 is 9.64 Å². The first-order valence-electron chi connectivity index (χ1n) is 6.82. The second-order valence-electron chi connectivity index (χ2n) is 5.78. The third-order valence-corrected chi connectivity index (χ3v) is 3.08. The average Bonchev–Trinajstić information content (AvgIpc) is 2.38. The fourth-order valence-corrected chi connectivity index (χ4v) is 2.09. The smallest absolute Gasteiger partial charge is 0.410 e. The Balaban J connectivity index is 2.47. The van der Waals surface area contributed by atoms with E-state index in [1.165, 1.54) is 7.11 Å². The molecule has 1 aliphatic rings. The quantitative estimate of drug-likeness (QED) is 0.789. The Bertz CT molecular complexity index is 342. The molecule has 1 saturated heterocycles. The van der Waals surface area contributed by atoms with Crippen LogP contribution in [0.4, 0.5) is 4.79 Å². The topological polar surface area (TPSA) is 71.1 Å². The number of hydroxylamine groups is 1. The van der Waals surface area contributed by atoms with Gasteiger partial charge in [-0.1, -0.05) is 0 Å². The molecular weight excluding hydrogens is 262 g/mol. The molecule has 2 amide bonds. The molecule has 0 aromatic carbocycles. The fourth-order valence-electron chi connectivity index (χ4n) is 2.09. The first-order valence-corrected chi connectivity index (χ1v) is 6.82. The van der Waals surface area contributed by atoms with Gasteiger partial charge in [-0.05, 0) is 33.6 Å². The number of carbonyl (C=O) groups excluding carboxylic acids is 2. The summed E-state index contributed by atoms with van der Waals surface area (Å²) in [6.45, 7) is 6.55. The van der Waals surface area contributed by atoms with Crippen LogP contribution in [0.5, 0.6) is 0 Å². The SMILES string of the molecule is CNN(OC)C(=O)C1CCN(C(=O)OC(C)(C)C)CC1. The summed E-state index contributed by atoms with van der Waals surface area (Å²) in [4.78, 5) is 30.5. The van der Waals surface area contributed by atoms with Crippen LogP contribution in [-0.2, 0) is 14.4 Å². The van der Waals surface area contributed by atoms with Crippen molar-refractivity contribution in [2.24, 2.45) is 5.92 Å². The van der Waals surface area contributed by atoms with Crippen LogP contribution in [0.3, 0.4) is 0 Å². The van der Waals surface area contributed by atoms with Crippen LogP contribution >= 0.6 is 0 Å². The Morgan fingerprint density at radius 2 is 1.80 bits per heavy atom. The van der Waals surface area contributed by atoms with Gasteiger partial charge in [0.1, 0.15) is 5.60 Å². The van der Waals surface area contributed by atoms with Gasteiger partial charge in [0, 0.05) is 26.1 Å². The number of nitrogens with one attached hydrogen (secondary N) is 1. The number of ether oxygens (including phenoxy) is 1. The van der Waals surface area contributed by atoms with Gasteiger partial charge in [-0.25, -0.2) is 10.2 Å². The largest absolute Gasteiger partial charge is 0.444 e. The van der Waals surface area contributed by atoms with Crippen molar-refractivity contribution in [1.82, 2.24) is 15.5 Å². The number of hydrogen-bond donors (Lipinski definition) is 1. The van der Waals surface area contributed by atoms with Crippen LogP contribution in [0.1, 0.15) is 33.6 Å². The highest BCUT2D eigenvalue weighted by atomic mass is 16.7. The minimum Gasteiger partial charge on any atom is -0.444 e. The van der Waals surface area contributed by atoms with Crippen molar-refractivity contribution in [3.8, 4) is 0 Å². The molecule has 0 spiro atoms. The van der Waals surface area contributed by atoms with Crippen LogP contribution in [0.15, 0.2) is 0 Å². The predicted molar refractivity (Wildman–Crippen MR) is 73.4 cm³/mol. The molecule has 7 heteroatoms. The van der Waals surface area contributed by atoms with Gasteiger partial charge in [0.25, 0.3) is 5.91 Å². The number of hydrazine groups is 1. The average molecular weight is 287 g/mol. The molecule has 0 unspecified atom stereocenters. The lowest BCUT2D eigenvalue weighted by Crippen LogP contribution is -2.48. The van der Waals surface area contributed by atoms with E-state index in [2.05, 4.69) is 5.43 Å². The Kier molecular flexibility index (Phi) is 5.76. The first-order chi connectivity index (χ1) is 9.28. The summed E-state index contributed by atoms with van der Waals surface area (Å²) in [5, 5.41) is 1.12. The number of carbonyl (C=O) groups is 2. The van der Waals surface area contributed by atoms with Crippen molar-refractivity contribution in [2.75, 3.05) is 27.2 Å². The molecule has 1 aliphatic heterocycles. The van der Waals surface area contributed by atoms with Crippen molar-refractivity contribution in [2.45, 2.75) is 39.2 Å². The summed E-state index contributed by atoms with van der Waals surface area (Å²) in [5.74, 6) is -0.250. The van der Waals surface area contributed by atoms with Crippen molar-refractivity contribution in [1.29, 1.82) is 0 Å². The number of hydrogen-bond acceptors (Lipinski definition) is 5. The summed E-state index contributed by atoms with van der Waals surface area (Å²) < 4.78 is 5.32. The van der Waals surface area contributed by atoms with Gasteiger partial charge in [-0.15, -0.1) is 5.17 Å². The molecule has 1 heterocycles. The van der Waals surface area contributed by atoms with Gasteiger partial charge in [-0.2, -0.15) is 0 Å². The third kappa shape index (κ3) is 4.64. The lowest BCUT2D eigenvalue weighted by Gasteiger charge is -2.34. The predicted octanol–water partition coefficient (Wildman–Crippen LogP) is 1.16. The molecule has 0 aromatic heterocycles. The molecule has 0 atom stereocenters. The lowest BCUT2D eigenvalue weighted by atomic mass is 9.96. The minimum atomic E-state index is -0.497. The molecule has 20 heavy (non-hydrogen) atoms. The van der Waals surface area contributed by atoms with Crippen LogP contribution < -0.4 is 5.43 Å². The molecule has 1 rings (SSSR count). The van der Waals surface area contributed by atoms with Crippen LogP contribution in [0, 0.1) is 5.92 Å². The molecule has 0 aliphatic carbocycles. The molecule has 0 radical (unpaired) electrons. The molecule has 0 bridgehead atoms. The highest BCUT2D eigenvalue weighted by Gasteiger charge is 2.32. The fraction of sp³-hybridized carbons (Fsp3) is 0.846. The van der Waals surface area contributed by atoms with Crippen molar-refractivity contribution < 1.29 is 19.2 Å². The molecule has 7 nitrogen and oxygen atoms in total. The van der Waals surface area contributed by atoms with Crippen molar-refractivity contribution >= 4 is 12.0 Å². The number of nitrogens with zero attached hydrogens (tertiary/aromatic N) is 2. The zero-order valence-corrected chi connectivity index (χ0v) is 12.9. The van der Waals surface area contributed by atoms with E-state index in [1.54, 1.807) is 11.9 Å². The van der Waals surface area contributed by atoms with E-state index in [-0.39, 0.29) is 17.9 Å². The second-order valence-corrected chi connectivity index (χ2v) is 5.78. The van der Waals surface area contributed by atoms with E-state index < -0.39 is 5.60 Å². The van der Waals surface area contributed by atoms with E-state index in [4.69, 9.17) is 9.57 Å². The van der Waals surface area contributed by atoms with Crippen molar-refractivity contribution in [3.05, 3.63) is 0 Å². The van der Waals surface area contributed by atoms with Gasteiger partial charge in [0.05, 0.1) is 7.11 Å². The van der Waals surface area contributed by atoms with Gasteiger partial charge in [0.2, 0.25) is 0 Å². The van der Waals surface area contributed by atoms with Crippen molar-refractivity contribution in [3.63, 3.8) is 0 Å². The third-order valence-electron chi connectivity index (χ3n) is 3.08. The van der Waals surface area contributed by atoms with Gasteiger partial charge in [0.15, 0.2) is 0 Å². The first kappa shape index (κ1) is 16.7. The maximum Gasteiger partial charge on any atom is 0.410 e. The lowest BCUT2D eigenvalue weighted by molar-refractivity contribution is -0.196. The highest BCUT2D eigenvalue weighted by Crippen LogP contribution is 2.21. The highest BCUT2D eigenvalue weighted by molar-refractivity contribution is 5.78. The maximum atomic E-state index is 12.1. The molecule has 0 saturated carbocycles. The Labute approximate surface area is 120 Å². The van der Waals surface area contributed by atoms with E-state index in [0.717, 1.165) is 5.17 Å². The maximum absolute atomic E-state index is 12.1. The van der Waals surface area contributed by atoms with E-state index in [1.807, 2.05) is 20.8 Å². The van der Waals surface area contributed by atoms with Gasteiger partial charge in [-0.3, -0.25) is 9.63 Å². The Morgan fingerprint density at radius 1 is 1.25 bits per heavy atom. The van der Waals surface area contributed by atoms with Crippen LogP contribution in [0.2, 0.25) is 0 Å². The van der Waals surface area contributed by atoms with Gasteiger partial charge >= 0.3 is 6.09 Å². The van der Waals surface area contributed by atoms with E-state index in [9.17, 15) is 9.59 Å². The number of rotatable bonds is 3. The van der Waals surface area contributed by atoms with E-state index >= 15 is 0 Å². The number of amides is 2. The molecule has 1 fully saturated rings. The van der Waals surface area contributed by atoms with Crippen LogP contribution in [-0.4, -0.2) is 54.9 Å². The summed E-state index contributed by atoms with van der Waals surface area (Å²) in [5.41, 5.74) is 2.17. The normalized spacial score (nSPS) is 16.9.